The molecule has 1 saturated heterocycles. The maximum Gasteiger partial charge on any atom is 0.321 e. The number of carbonyl (C=O) groups is 1. The summed E-state index contributed by atoms with van der Waals surface area (Å²) in [5.41, 5.74) is 2.17. The van der Waals surface area contributed by atoms with E-state index in [1.165, 1.54) is 12.8 Å². The minimum Gasteiger partial charge on any atom is -0.480 e. The van der Waals surface area contributed by atoms with Gasteiger partial charge in [-0.15, -0.1) is 0 Å². The summed E-state index contributed by atoms with van der Waals surface area (Å²) in [7, 11) is 0. The molecule has 2 aromatic rings. The standard InChI is InChI=1S/C17H22N2O2/c1-2-5-12-10-19(11-12)16(17(20)21)8-13-9-18-15-7-4-3-6-14(13)15/h3-4,6-7,9,12,16,18H,2,5,8,10-11H2,1H3,(H,20,21). The number of aromatic nitrogens is 1. The molecule has 1 unspecified atom stereocenters. The van der Waals surface area contributed by atoms with E-state index >= 15 is 0 Å². The van der Waals surface area contributed by atoms with Gasteiger partial charge < -0.3 is 10.1 Å². The van der Waals surface area contributed by atoms with Crippen molar-refractivity contribution >= 4 is 16.9 Å². The number of benzene rings is 1. The van der Waals surface area contributed by atoms with Gasteiger partial charge in [0.25, 0.3) is 0 Å². The van der Waals surface area contributed by atoms with Gasteiger partial charge in [0, 0.05) is 36.6 Å². The zero-order chi connectivity index (χ0) is 14.8. The van der Waals surface area contributed by atoms with Crippen LogP contribution in [0, 0.1) is 5.92 Å². The number of carboxylic acids is 1. The molecule has 1 fully saturated rings. The molecule has 4 heteroatoms. The average Bonchev–Trinajstić information content (AvgIpc) is 2.83. The Kier molecular flexibility index (Phi) is 3.97. The van der Waals surface area contributed by atoms with Crippen LogP contribution in [-0.4, -0.2) is 40.1 Å². The Hall–Kier alpha value is -1.81. The zero-order valence-electron chi connectivity index (χ0n) is 12.4. The molecule has 1 atom stereocenters. The molecule has 1 aromatic heterocycles. The molecule has 1 aliphatic rings. The second kappa shape index (κ2) is 5.90. The Morgan fingerprint density at radius 3 is 2.90 bits per heavy atom. The Labute approximate surface area is 124 Å². The number of likely N-dealkylation sites (tertiary alicyclic amines) is 1. The van der Waals surface area contributed by atoms with Gasteiger partial charge in [-0.3, -0.25) is 9.69 Å². The SMILES string of the molecule is CCCC1CN(C(Cc2c[nH]c3ccccc23)C(=O)O)C1. The number of fused-ring (bicyclic) bond motifs is 1. The first-order valence-electron chi connectivity index (χ1n) is 7.71. The minimum atomic E-state index is -0.713. The third kappa shape index (κ3) is 2.81. The number of para-hydroxylation sites is 1. The third-order valence-electron chi connectivity index (χ3n) is 4.50. The van der Waals surface area contributed by atoms with Crippen molar-refractivity contribution in [1.82, 2.24) is 9.88 Å². The maximum atomic E-state index is 11.6. The van der Waals surface area contributed by atoms with Crippen LogP contribution in [0.3, 0.4) is 0 Å². The molecule has 3 rings (SSSR count). The maximum absolute atomic E-state index is 11.6. The van der Waals surface area contributed by atoms with Crippen LogP contribution in [0.1, 0.15) is 25.3 Å². The van der Waals surface area contributed by atoms with E-state index in [1.807, 2.05) is 24.4 Å². The predicted octanol–water partition coefficient (Wildman–Crippen LogP) is 2.90. The third-order valence-corrected chi connectivity index (χ3v) is 4.50. The van der Waals surface area contributed by atoms with Gasteiger partial charge in [0.1, 0.15) is 6.04 Å². The lowest BCUT2D eigenvalue weighted by Crippen LogP contribution is -2.55. The summed E-state index contributed by atoms with van der Waals surface area (Å²) in [6.45, 7) is 4.03. The smallest absolute Gasteiger partial charge is 0.321 e. The fourth-order valence-corrected chi connectivity index (χ4v) is 3.34. The summed E-state index contributed by atoms with van der Waals surface area (Å²) in [4.78, 5) is 16.9. The first-order chi connectivity index (χ1) is 10.2. The second-order valence-corrected chi connectivity index (χ2v) is 6.03. The van der Waals surface area contributed by atoms with Gasteiger partial charge in [0.15, 0.2) is 0 Å². The Bertz CT molecular complexity index is 629. The van der Waals surface area contributed by atoms with Crippen LogP contribution >= 0.6 is 0 Å². The summed E-state index contributed by atoms with van der Waals surface area (Å²) in [6.07, 6.45) is 4.90. The molecule has 1 aliphatic heterocycles. The molecule has 112 valence electrons. The van der Waals surface area contributed by atoms with Crippen LogP contribution in [0.4, 0.5) is 0 Å². The highest BCUT2D eigenvalue weighted by atomic mass is 16.4. The molecule has 0 bridgehead atoms. The fraction of sp³-hybridized carbons (Fsp3) is 0.471. The van der Waals surface area contributed by atoms with Crippen LogP contribution in [0.2, 0.25) is 0 Å². The molecular formula is C17H22N2O2. The lowest BCUT2D eigenvalue weighted by Gasteiger charge is -2.42. The minimum absolute atomic E-state index is 0.405. The predicted molar refractivity (Wildman–Crippen MR) is 83.4 cm³/mol. The first kappa shape index (κ1) is 14.1. The Morgan fingerprint density at radius 2 is 2.19 bits per heavy atom. The van der Waals surface area contributed by atoms with Gasteiger partial charge in [0.2, 0.25) is 0 Å². The van der Waals surface area contributed by atoms with Gasteiger partial charge in [-0.2, -0.15) is 0 Å². The van der Waals surface area contributed by atoms with E-state index < -0.39 is 12.0 Å². The van der Waals surface area contributed by atoms with Crippen molar-refractivity contribution in [3.63, 3.8) is 0 Å². The lowest BCUT2D eigenvalue weighted by molar-refractivity contribution is -0.146. The van der Waals surface area contributed by atoms with E-state index in [0.29, 0.717) is 12.3 Å². The van der Waals surface area contributed by atoms with Crippen molar-refractivity contribution in [2.45, 2.75) is 32.2 Å². The van der Waals surface area contributed by atoms with Gasteiger partial charge >= 0.3 is 5.97 Å². The topological polar surface area (TPSA) is 56.3 Å². The van der Waals surface area contributed by atoms with Crippen LogP contribution in [0.15, 0.2) is 30.5 Å². The van der Waals surface area contributed by atoms with E-state index in [2.05, 4.69) is 22.9 Å². The number of hydrogen-bond donors (Lipinski definition) is 2. The average molecular weight is 286 g/mol. The van der Waals surface area contributed by atoms with Crippen molar-refractivity contribution in [3.05, 3.63) is 36.0 Å². The van der Waals surface area contributed by atoms with Crippen molar-refractivity contribution in [2.75, 3.05) is 13.1 Å². The Balaban J connectivity index is 1.73. The summed E-state index contributed by atoms with van der Waals surface area (Å²) in [6, 6.07) is 7.65. The molecule has 0 radical (unpaired) electrons. The largest absolute Gasteiger partial charge is 0.480 e. The number of nitrogens with zero attached hydrogens (tertiary/aromatic N) is 1. The molecule has 0 aliphatic carbocycles. The molecule has 2 N–H and O–H groups in total. The lowest BCUT2D eigenvalue weighted by atomic mass is 9.91. The summed E-state index contributed by atoms with van der Waals surface area (Å²) >= 11 is 0. The van der Waals surface area contributed by atoms with Gasteiger partial charge in [-0.05, 0) is 24.0 Å². The fourth-order valence-electron chi connectivity index (χ4n) is 3.34. The Morgan fingerprint density at radius 1 is 1.43 bits per heavy atom. The van der Waals surface area contributed by atoms with E-state index in [4.69, 9.17) is 0 Å². The van der Waals surface area contributed by atoms with Crippen LogP contribution < -0.4 is 0 Å². The molecule has 21 heavy (non-hydrogen) atoms. The monoisotopic (exact) mass is 286 g/mol. The highest BCUT2D eigenvalue weighted by molar-refractivity contribution is 5.84. The first-order valence-corrected chi connectivity index (χ1v) is 7.71. The molecule has 1 aromatic carbocycles. The number of H-pyrrole nitrogens is 1. The van der Waals surface area contributed by atoms with Crippen molar-refractivity contribution in [3.8, 4) is 0 Å². The van der Waals surface area contributed by atoms with Crippen molar-refractivity contribution < 1.29 is 9.90 Å². The van der Waals surface area contributed by atoms with Gasteiger partial charge in [-0.1, -0.05) is 31.5 Å². The highest BCUT2D eigenvalue weighted by Gasteiger charge is 2.35. The van der Waals surface area contributed by atoms with E-state index in [0.717, 1.165) is 29.6 Å². The van der Waals surface area contributed by atoms with E-state index in [1.54, 1.807) is 0 Å². The number of rotatable bonds is 6. The number of hydrogen-bond acceptors (Lipinski definition) is 2. The molecule has 0 spiro atoms. The highest BCUT2D eigenvalue weighted by Crippen LogP contribution is 2.26. The summed E-state index contributed by atoms with van der Waals surface area (Å²) < 4.78 is 0. The van der Waals surface area contributed by atoms with Crippen LogP contribution in [-0.2, 0) is 11.2 Å². The molecule has 0 saturated carbocycles. The van der Waals surface area contributed by atoms with Gasteiger partial charge in [-0.25, -0.2) is 0 Å². The number of nitrogens with one attached hydrogen (secondary N) is 1. The summed E-state index contributed by atoms with van der Waals surface area (Å²) in [5.74, 6) is -0.0324. The molecule has 2 heterocycles. The second-order valence-electron chi connectivity index (χ2n) is 6.03. The van der Waals surface area contributed by atoms with E-state index in [-0.39, 0.29) is 0 Å². The van der Waals surface area contributed by atoms with Crippen LogP contribution in [0.5, 0.6) is 0 Å². The zero-order valence-corrected chi connectivity index (χ0v) is 12.4. The molecule has 4 nitrogen and oxygen atoms in total. The molecular weight excluding hydrogens is 264 g/mol. The van der Waals surface area contributed by atoms with Gasteiger partial charge in [0.05, 0.1) is 0 Å². The van der Waals surface area contributed by atoms with Crippen LogP contribution in [0.25, 0.3) is 10.9 Å². The summed E-state index contributed by atoms with van der Waals surface area (Å²) in [5, 5.41) is 10.7. The van der Waals surface area contributed by atoms with Crippen molar-refractivity contribution in [2.24, 2.45) is 5.92 Å². The molecule has 0 amide bonds. The quantitative estimate of drug-likeness (QED) is 0.858. The number of carboxylic acid groups (broad SMARTS) is 1. The van der Waals surface area contributed by atoms with Crippen molar-refractivity contribution in [1.29, 1.82) is 0 Å². The van der Waals surface area contributed by atoms with E-state index in [9.17, 15) is 9.90 Å². The number of aromatic amines is 1. The number of aliphatic carboxylic acids is 1. The normalized spacial score (nSPS) is 17.8.